The number of benzene rings is 10. The van der Waals surface area contributed by atoms with E-state index in [2.05, 4.69) is 130 Å². The van der Waals surface area contributed by atoms with Crippen LogP contribution in [0.25, 0.3) is 83.4 Å². The first-order chi connectivity index (χ1) is 38.4. The fourth-order valence-electron chi connectivity index (χ4n) is 10.3. The molecule has 6 nitrogen and oxygen atoms in total. The summed E-state index contributed by atoms with van der Waals surface area (Å²) < 4.78 is 102. The van der Waals surface area contributed by atoms with Crippen LogP contribution in [0.1, 0.15) is 13.7 Å². The fourth-order valence-corrected chi connectivity index (χ4v) is 15.3. The molecule has 0 bridgehead atoms. The smallest absolute Gasteiger partial charge is 0.268 e. The molecule has 0 saturated heterocycles. The number of nitrogens with zero attached hydrogens (tertiary/aromatic N) is 5. The van der Waals surface area contributed by atoms with E-state index >= 15 is 0 Å². The minimum Gasteiger partial charge on any atom is -0.510 e. The number of aromatic nitrogens is 5. The topological polar surface area (TPSA) is 40.8 Å². The quantitative estimate of drug-likeness (QED) is 0.0864. The van der Waals surface area contributed by atoms with E-state index < -0.39 is 68.7 Å². The van der Waals surface area contributed by atoms with Crippen molar-refractivity contribution in [3.63, 3.8) is 0 Å². The number of hydrogen-bond donors (Lipinski definition) is 0. The van der Waals surface area contributed by atoms with Crippen LogP contribution in [0.3, 0.4) is 0 Å². The van der Waals surface area contributed by atoms with E-state index in [1.807, 2.05) is 48.5 Å². The molecule has 14 rings (SSSR count). The van der Waals surface area contributed by atoms with Crippen LogP contribution < -0.4 is 24.9 Å². The van der Waals surface area contributed by atoms with Crippen LogP contribution in [0, 0.1) is 18.5 Å². The van der Waals surface area contributed by atoms with Crippen molar-refractivity contribution < 1.29 is 44.1 Å². The monoisotopic (exact) mass is 1100 g/mol. The summed E-state index contributed by atoms with van der Waals surface area (Å²) in [6.07, 6.45) is 3.43. The summed E-state index contributed by atoms with van der Waals surface area (Å²) in [5.41, 5.74) is 5.54. The van der Waals surface area contributed by atoms with Crippen LogP contribution >= 0.6 is 0 Å². The van der Waals surface area contributed by atoms with Crippen LogP contribution in [0.15, 0.2) is 236 Å². The fraction of sp³-hybridized carbons (Fsp3) is 0. The molecule has 334 valence electrons. The van der Waals surface area contributed by atoms with Crippen LogP contribution in [0.2, 0.25) is 0 Å². The average molecular weight is 1100 g/mol. The summed E-state index contributed by atoms with van der Waals surface area (Å²) in [4.78, 5) is 5.44. The number of imidazole rings is 2. The Morgan fingerprint density at radius 3 is 1.87 bits per heavy atom. The third kappa shape index (κ3) is 6.29. The number of fused-ring (bicyclic) bond motifs is 8. The Morgan fingerprint density at radius 2 is 1.16 bits per heavy atom. The van der Waals surface area contributed by atoms with Gasteiger partial charge in [-0.05, 0) is 61.0 Å². The summed E-state index contributed by atoms with van der Waals surface area (Å²) in [5.74, 6) is 1.57. The van der Waals surface area contributed by atoms with Crippen molar-refractivity contribution in [2.45, 2.75) is 0 Å². The molecule has 13 aromatic rings. The zero-order chi connectivity index (χ0) is 54.2. The van der Waals surface area contributed by atoms with E-state index in [4.69, 9.17) is 23.4 Å². The minimum absolute atomic E-state index is 0. The van der Waals surface area contributed by atoms with Crippen molar-refractivity contribution >= 4 is 67.7 Å². The Labute approximate surface area is 434 Å². The molecule has 0 N–H and O–H groups in total. The molecule has 8 heteroatoms. The molecule has 0 spiro atoms. The third-order valence-corrected chi connectivity index (χ3v) is 17.7. The Balaban J connectivity index is 0.00000605. The molecular weight excluding hydrogens is 1050 g/mol. The van der Waals surface area contributed by atoms with Crippen LogP contribution in [-0.4, -0.2) is 26.6 Å². The summed E-state index contributed by atoms with van der Waals surface area (Å²) in [6, 6.07) is 59.8. The van der Waals surface area contributed by atoms with E-state index in [1.54, 1.807) is 33.4 Å². The van der Waals surface area contributed by atoms with Gasteiger partial charge in [-0.2, -0.15) is 18.2 Å². The molecule has 0 unspecified atom stereocenters. The number of hydrogen-bond acceptors (Lipinski definition) is 2. The van der Waals surface area contributed by atoms with Gasteiger partial charge in [0.25, 0.3) is 14.6 Å². The molecule has 10 aromatic carbocycles. The second-order valence-corrected chi connectivity index (χ2v) is 20.3. The van der Waals surface area contributed by atoms with E-state index in [0.717, 1.165) is 38.8 Å². The minimum atomic E-state index is -3.10. The first kappa shape index (κ1) is 32.4. The molecule has 1 aliphatic heterocycles. The van der Waals surface area contributed by atoms with Crippen molar-refractivity contribution in [3.05, 3.63) is 255 Å². The Bertz CT molecular complexity index is 4550. The van der Waals surface area contributed by atoms with Gasteiger partial charge >= 0.3 is 0 Å². The molecule has 0 atom stereocenters. The maximum Gasteiger partial charge on any atom is 0.268 e. The van der Waals surface area contributed by atoms with Gasteiger partial charge in [0.05, 0.1) is 41.5 Å². The summed E-state index contributed by atoms with van der Waals surface area (Å²) in [5, 5.41) is 5.72. The standard InChI is InChI=1S/C62H39N5OSi.Pt/c1-5-20-43(21-6-1)50-30-18-31-51(44-22-7-2-8-23-44)60(50)65-42-64(56-35-15-16-36-57(56)65)45-24-17-25-46(40-45)68-47-38-39-52-53-32-19-37-59-61(53)66(58(52)41-47)62-63-54-33-13-14-34-55(54)67(62)69(59,48-26-9-3-10-27-48)49-28-11-4-12-29-49;/h1-39H;/q-2;/i1D,2D,5D,6D,7D,8D,20D,21D,22D,23D;. The van der Waals surface area contributed by atoms with E-state index in [0.29, 0.717) is 28.2 Å². The van der Waals surface area contributed by atoms with Crippen molar-refractivity contribution in [1.82, 2.24) is 18.4 Å². The SMILES string of the molecule is [2H]c1c([2H])c([2H])c(-c2cccc(-c3c([2H])c([2H])c([2H])c([2H])c3[2H])c2-[n+]2[c-]n(-c3[c-]c(Oc4[c-]c5c(cc4)c4cccc6c4n5-c4nc5ccccc5n4[Si]6(c4ccccc4)c4ccccc4)ccc3)c3ccccc32)c([2H])c1[2H].[Pt]. The molecule has 0 amide bonds. The van der Waals surface area contributed by atoms with Gasteiger partial charge in [0.15, 0.2) is 0 Å². The molecule has 0 saturated carbocycles. The zero-order valence-electron chi connectivity index (χ0n) is 46.7. The van der Waals surface area contributed by atoms with Crippen molar-refractivity contribution in [2.24, 2.45) is 0 Å². The molecule has 0 aliphatic carbocycles. The number of ether oxygens (including phenoxy) is 1. The van der Waals surface area contributed by atoms with Gasteiger partial charge in [-0.25, -0.2) is 4.98 Å². The van der Waals surface area contributed by atoms with Crippen LogP contribution in [-0.2, 0) is 21.1 Å². The van der Waals surface area contributed by atoms with Gasteiger partial charge in [0, 0.05) is 38.1 Å². The van der Waals surface area contributed by atoms with Gasteiger partial charge in [-0.3, -0.25) is 4.57 Å². The summed E-state index contributed by atoms with van der Waals surface area (Å²) in [6.45, 7) is 0. The van der Waals surface area contributed by atoms with Crippen LogP contribution in [0.5, 0.6) is 11.5 Å². The predicted molar refractivity (Wildman–Crippen MR) is 279 cm³/mol. The summed E-state index contributed by atoms with van der Waals surface area (Å²) >= 11 is 0. The Morgan fingerprint density at radius 1 is 0.543 bits per heavy atom. The van der Waals surface area contributed by atoms with Gasteiger partial charge in [0.2, 0.25) is 5.95 Å². The number of rotatable bonds is 8. The normalized spacial score (nSPS) is 14.6. The van der Waals surface area contributed by atoms with Crippen molar-refractivity contribution in [3.8, 4) is 51.1 Å². The predicted octanol–water partition coefficient (Wildman–Crippen LogP) is 11.7. The molecule has 1 aliphatic rings. The second-order valence-electron chi connectivity index (χ2n) is 16.8. The largest absolute Gasteiger partial charge is 0.510 e. The number of para-hydroxylation sites is 6. The van der Waals surface area contributed by atoms with Gasteiger partial charge < -0.3 is 18.1 Å². The molecule has 3 aromatic heterocycles. The van der Waals surface area contributed by atoms with Crippen molar-refractivity contribution in [2.75, 3.05) is 0 Å². The van der Waals surface area contributed by atoms with Gasteiger partial charge in [0.1, 0.15) is 0 Å². The van der Waals surface area contributed by atoms with E-state index in [9.17, 15) is 0 Å². The van der Waals surface area contributed by atoms with Crippen LogP contribution in [0.4, 0.5) is 0 Å². The Hall–Kier alpha value is -8.35. The Kier molecular flexibility index (Phi) is 7.73. The molecule has 0 radical (unpaired) electrons. The molecule has 70 heavy (non-hydrogen) atoms. The maximum absolute atomic E-state index is 9.07. The molecule has 4 heterocycles. The maximum atomic E-state index is 9.07. The summed E-state index contributed by atoms with van der Waals surface area (Å²) in [7, 11) is -3.10. The van der Waals surface area contributed by atoms with Gasteiger partial charge in [-0.1, -0.05) is 199 Å². The first-order valence-electron chi connectivity index (χ1n) is 27.4. The van der Waals surface area contributed by atoms with Gasteiger partial charge in [-0.15, -0.1) is 29.7 Å². The molecule has 0 fully saturated rings. The van der Waals surface area contributed by atoms with Crippen molar-refractivity contribution in [1.29, 1.82) is 0 Å². The zero-order valence-corrected chi connectivity index (χ0v) is 40.0. The molecular formula is C62H39N5OPtSi-2. The average Bonchev–Trinajstić information content (AvgIpc) is 4.28. The van der Waals surface area contributed by atoms with E-state index in [-0.39, 0.29) is 49.0 Å². The first-order valence-corrected chi connectivity index (χ1v) is 24.4. The second kappa shape index (κ2) is 16.7. The third-order valence-electron chi connectivity index (χ3n) is 13.1. The van der Waals surface area contributed by atoms with E-state index in [1.165, 1.54) is 15.6 Å².